The van der Waals surface area contributed by atoms with Crippen LogP contribution in [0.1, 0.15) is 16.1 Å². The average molecular weight is 533 g/mol. The molecule has 6 nitrogen and oxygen atoms in total. The van der Waals surface area contributed by atoms with E-state index in [1.165, 1.54) is 6.21 Å². The number of phenolic OH excluding ortho intramolecular Hbond substituents is 1. The smallest absolute Gasteiger partial charge is 0.289 e. The summed E-state index contributed by atoms with van der Waals surface area (Å²) in [5.74, 6) is -0.485. The van der Waals surface area contributed by atoms with Crippen molar-refractivity contribution in [2.24, 2.45) is 5.10 Å². The van der Waals surface area contributed by atoms with Crippen LogP contribution in [0.5, 0.6) is 5.75 Å². The Morgan fingerprint density at radius 2 is 2.00 bits per heavy atom. The van der Waals surface area contributed by atoms with Crippen LogP contribution in [0.3, 0.4) is 0 Å². The predicted molar refractivity (Wildman–Crippen MR) is 113 cm³/mol. The van der Waals surface area contributed by atoms with E-state index in [1.807, 2.05) is 0 Å². The highest BCUT2D eigenvalue weighted by molar-refractivity contribution is 9.11. The van der Waals surface area contributed by atoms with Crippen molar-refractivity contribution in [3.63, 3.8) is 0 Å². The number of carbonyl (C=O) groups excluding carboxylic acids is 1. The van der Waals surface area contributed by atoms with Crippen LogP contribution in [0.2, 0.25) is 10.0 Å². The van der Waals surface area contributed by atoms with Crippen LogP contribution in [0, 0.1) is 0 Å². The molecule has 1 heterocycles. The highest BCUT2D eigenvalue weighted by Gasteiger charge is 2.13. The molecular weight excluding hydrogens is 523 g/mol. The van der Waals surface area contributed by atoms with Crippen molar-refractivity contribution in [1.29, 1.82) is 0 Å². The summed E-state index contributed by atoms with van der Waals surface area (Å²) in [6, 6.07) is 9.90. The minimum atomic E-state index is -0.497. The van der Waals surface area contributed by atoms with E-state index in [1.54, 1.807) is 36.4 Å². The zero-order valence-electron chi connectivity index (χ0n) is 13.3. The fraction of sp³-hybridized carbons (Fsp3) is 0. The van der Waals surface area contributed by atoms with Gasteiger partial charge >= 0.3 is 0 Å². The fourth-order valence-corrected chi connectivity index (χ4v) is 3.94. The number of hydrogen-bond acceptors (Lipinski definition) is 4. The quantitative estimate of drug-likeness (QED) is 0.311. The molecule has 0 saturated heterocycles. The lowest BCUT2D eigenvalue weighted by atomic mass is 10.1. The summed E-state index contributed by atoms with van der Waals surface area (Å²) in [5, 5.41) is 21.5. The molecule has 0 unspecified atom stereocenters. The Morgan fingerprint density at radius 1 is 1.22 bits per heavy atom. The third-order valence-corrected chi connectivity index (χ3v) is 5.07. The minimum absolute atomic E-state index is 0.0115. The Labute approximate surface area is 180 Å². The Hall–Kier alpha value is -1.87. The van der Waals surface area contributed by atoms with Crippen LogP contribution in [0.4, 0.5) is 0 Å². The van der Waals surface area contributed by atoms with Gasteiger partial charge in [-0.05, 0) is 52.3 Å². The van der Waals surface area contributed by atoms with Gasteiger partial charge in [0, 0.05) is 20.6 Å². The summed E-state index contributed by atoms with van der Waals surface area (Å²) in [6.07, 6.45) is 1.33. The van der Waals surface area contributed by atoms with Crippen LogP contribution < -0.4 is 5.43 Å². The fourth-order valence-electron chi connectivity index (χ4n) is 2.18. The number of amides is 1. The molecule has 0 radical (unpaired) electrons. The van der Waals surface area contributed by atoms with Crippen molar-refractivity contribution >= 4 is 67.2 Å². The summed E-state index contributed by atoms with van der Waals surface area (Å²) in [5.41, 5.74) is 4.13. The lowest BCUT2D eigenvalue weighted by Crippen LogP contribution is -2.18. The summed E-state index contributed by atoms with van der Waals surface area (Å²) < 4.78 is 1.25. The lowest BCUT2D eigenvalue weighted by Gasteiger charge is -2.02. The Morgan fingerprint density at radius 3 is 2.74 bits per heavy atom. The van der Waals surface area contributed by atoms with Gasteiger partial charge in [0.05, 0.1) is 21.4 Å². The number of benzene rings is 2. The maximum Gasteiger partial charge on any atom is 0.289 e. The molecule has 3 aromatic rings. The van der Waals surface area contributed by atoms with E-state index in [2.05, 4.69) is 52.6 Å². The standard InChI is InChI=1S/C17H10Br2Cl2N4O2/c18-9-3-8(16(26)12(19)4-9)7-22-25-17(27)15-6-14(23-24-15)11-2-1-10(20)5-13(11)21/h1-7,26H,(H,23,24)(H,25,27). The molecule has 0 saturated carbocycles. The predicted octanol–water partition coefficient (Wildman–Crippen LogP) is 5.38. The van der Waals surface area contributed by atoms with Gasteiger partial charge in [-0.1, -0.05) is 39.1 Å². The van der Waals surface area contributed by atoms with E-state index in [0.717, 1.165) is 4.47 Å². The van der Waals surface area contributed by atoms with Gasteiger partial charge in [-0.15, -0.1) is 0 Å². The number of H-pyrrole nitrogens is 1. The van der Waals surface area contributed by atoms with Crippen molar-refractivity contribution in [2.45, 2.75) is 0 Å². The van der Waals surface area contributed by atoms with Crippen LogP contribution in [-0.2, 0) is 0 Å². The number of aromatic amines is 1. The van der Waals surface area contributed by atoms with E-state index in [0.29, 0.717) is 31.3 Å². The van der Waals surface area contributed by atoms with Crippen molar-refractivity contribution in [3.05, 3.63) is 66.6 Å². The van der Waals surface area contributed by atoms with Crippen LogP contribution in [0.25, 0.3) is 11.3 Å². The van der Waals surface area contributed by atoms with Gasteiger partial charge in [0.25, 0.3) is 5.91 Å². The first-order valence-corrected chi connectivity index (χ1v) is 9.71. The van der Waals surface area contributed by atoms with E-state index in [9.17, 15) is 9.90 Å². The molecular formula is C17H10Br2Cl2N4O2. The summed E-state index contributed by atoms with van der Waals surface area (Å²) in [6.45, 7) is 0. The van der Waals surface area contributed by atoms with Crippen LogP contribution in [-0.4, -0.2) is 27.4 Å². The number of carbonyl (C=O) groups is 1. The molecule has 1 aromatic heterocycles. The third-order valence-electron chi connectivity index (χ3n) is 3.46. The number of halogens is 4. The summed E-state index contributed by atoms with van der Waals surface area (Å²) >= 11 is 18.6. The molecule has 0 fully saturated rings. The monoisotopic (exact) mass is 530 g/mol. The molecule has 0 aliphatic heterocycles. The molecule has 0 aliphatic rings. The van der Waals surface area contributed by atoms with Crippen molar-refractivity contribution < 1.29 is 9.90 Å². The van der Waals surface area contributed by atoms with Gasteiger partial charge in [-0.3, -0.25) is 9.89 Å². The molecule has 0 spiro atoms. The van der Waals surface area contributed by atoms with Gasteiger partial charge in [-0.25, -0.2) is 5.43 Å². The molecule has 10 heteroatoms. The normalized spacial score (nSPS) is 11.1. The number of phenols is 1. The topological polar surface area (TPSA) is 90.4 Å². The molecule has 1 amide bonds. The minimum Gasteiger partial charge on any atom is -0.506 e. The number of hydrogen-bond donors (Lipinski definition) is 3. The number of hydrazone groups is 1. The first-order valence-electron chi connectivity index (χ1n) is 7.37. The highest BCUT2D eigenvalue weighted by Crippen LogP contribution is 2.31. The van der Waals surface area contributed by atoms with Crippen LogP contribution >= 0.6 is 55.1 Å². The zero-order chi connectivity index (χ0) is 19.6. The molecule has 2 aromatic carbocycles. The third kappa shape index (κ3) is 4.70. The zero-order valence-corrected chi connectivity index (χ0v) is 18.0. The molecule has 3 N–H and O–H groups in total. The summed E-state index contributed by atoms with van der Waals surface area (Å²) in [4.78, 5) is 12.2. The molecule has 0 atom stereocenters. The van der Waals surface area contributed by atoms with Crippen molar-refractivity contribution in [2.75, 3.05) is 0 Å². The maximum atomic E-state index is 12.2. The van der Waals surface area contributed by atoms with E-state index in [-0.39, 0.29) is 11.4 Å². The number of nitrogens with zero attached hydrogens (tertiary/aromatic N) is 2. The Kier molecular flexibility index (Phi) is 6.21. The molecule has 27 heavy (non-hydrogen) atoms. The number of aromatic nitrogens is 2. The second-order valence-electron chi connectivity index (χ2n) is 5.32. The molecule has 138 valence electrons. The first kappa shape index (κ1) is 19.9. The van der Waals surface area contributed by atoms with E-state index >= 15 is 0 Å². The van der Waals surface area contributed by atoms with Gasteiger partial charge in [0.1, 0.15) is 11.4 Å². The lowest BCUT2D eigenvalue weighted by molar-refractivity contribution is 0.0950. The largest absolute Gasteiger partial charge is 0.506 e. The van der Waals surface area contributed by atoms with Gasteiger partial charge < -0.3 is 5.11 Å². The summed E-state index contributed by atoms with van der Waals surface area (Å²) in [7, 11) is 0. The second-order valence-corrected chi connectivity index (χ2v) is 7.93. The highest BCUT2D eigenvalue weighted by atomic mass is 79.9. The Balaban J connectivity index is 1.73. The Bertz CT molecular complexity index is 1050. The molecule has 0 aliphatic carbocycles. The number of aromatic hydroxyl groups is 1. The first-order chi connectivity index (χ1) is 12.8. The van der Waals surface area contributed by atoms with Crippen molar-refractivity contribution in [1.82, 2.24) is 15.6 Å². The van der Waals surface area contributed by atoms with E-state index in [4.69, 9.17) is 23.2 Å². The maximum absolute atomic E-state index is 12.2. The molecule has 0 bridgehead atoms. The average Bonchev–Trinajstić information content (AvgIpc) is 3.08. The van der Waals surface area contributed by atoms with Gasteiger partial charge in [0.2, 0.25) is 0 Å². The SMILES string of the molecule is O=C(NN=Cc1cc(Br)cc(Br)c1O)c1cc(-c2ccc(Cl)cc2Cl)n[nH]1. The van der Waals surface area contributed by atoms with Gasteiger partial charge in [-0.2, -0.15) is 10.2 Å². The van der Waals surface area contributed by atoms with Gasteiger partial charge in [0.15, 0.2) is 0 Å². The van der Waals surface area contributed by atoms with Crippen LogP contribution in [0.15, 0.2) is 50.4 Å². The van der Waals surface area contributed by atoms with E-state index < -0.39 is 5.91 Å². The number of nitrogens with one attached hydrogen (secondary N) is 2. The second kappa shape index (κ2) is 8.43. The molecule has 3 rings (SSSR count). The van der Waals surface area contributed by atoms with Crippen molar-refractivity contribution in [3.8, 4) is 17.0 Å². The number of rotatable bonds is 4.